The van der Waals surface area contributed by atoms with Gasteiger partial charge in [0.2, 0.25) is 11.8 Å². The average molecular weight is 507 g/mol. The number of furan rings is 1. The third-order valence-corrected chi connectivity index (χ3v) is 6.05. The number of nitrogens with one attached hydrogen (secondary N) is 1. The molecule has 1 atom stereocenters. The second kappa shape index (κ2) is 11.7. The van der Waals surface area contributed by atoms with Gasteiger partial charge in [0, 0.05) is 16.6 Å². The van der Waals surface area contributed by atoms with E-state index in [2.05, 4.69) is 5.32 Å². The topological polar surface area (TPSA) is 62.6 Å². The van der Waals surface area contributed by atoms with Gasteiger partial charge in [-0.3, -0.25) is 9.59 Å². The average Bonchev–Trinajstić information content (AvgIpc) is 3.39. The van der Waals surface area contributed by atoms with Gasteiger partial charge in [0.05, 0.1) is 19.2 Å². The van der Waals surface area contributed by atoms with Crippen LogP contribution in [0.15, 0.2) is 102 Å². The van der Waals surface area contributed by atoms with Gasteiger partial charge < -0.3 is 14.6 Å². The molecule has 0 radical (unpaired) electrons. The number of rotatable bonds is 9. The minimum Gasteiger partial charge on any atom is -0.467 e. The summed E-state index contributed by atoms with van der Waals surface area (Å²) in [5.41, 5.74) is 2.38. The summed E-state index contributed by atoms with van der Waals surface area (Å²) in [7, 11) is 0. The van der Waals surface area contributed by atoms with Crippen molar-refractivity contribution in [3.05, 3.63) is 130 Å². The fraction of sp³-hybridized carbons (Fsp3) is 0.143. The van der Waals surface area contributed by atoms with Crippen molar-refractivity contribution in [2.45, 2.75) is 25.6 Å². The molecule has 4 aromatic rings. The molecule has 0 aliphatic rings. The summed E-state index contributed by atoms with van der Waals surface area (Å²) >= 11 is 12.1. The highest BCUT2D eigenvalue weighted by Crippen LogP contribution is 2.26. The SMILES string of the molecule is O=C(NCc1ccco1)C(c1ccccc1)N(Cc1ccc(Cl)cc1)C(=O)Cc1ccc(Cl)cc1. The molecule has 0 saturated carbocycles. The largest absolute Gasteiger partial charge is 0.467 e. The Hall–Kier alpha value is -3.54. The Bertz CT molecular complexity index is 1240. The number of hydrogen-bond donors (Lipinski definition) is 1. The van der Waals surface area contributed by atoms with Crippen LogP contribution in [-0.4, -0.2) is 16.7 Å². The predicted molar refractivity (Wildman–Crippen MR) is 137 cm³/mol. The van der Waals surface area contributed by atoms with Crippen LogP contribution in [0.2, 0.25) is 10.0 Å². The standard InChI is InChI=1S/C28H24Cl2N2O3/c29-23-12-8-20(9-13-23)17-26(33)32(19-21-10-14-24(30)15-11-21)27(22-5-2-1-3-6-22)28(34)31-18-25-7-4-16-35-25/h1-16,27H,17-19H2,(H,31,34). The zero-order chi connectivity index (χ0) is 24.6. The number of nitrogens with zero attached hydrogens (tertiary/aromatic N) is 1. The fourth-order valence-corrected chi connectivity index (χ4v) is 4.03. The third kappa shape index (κ3) is 6.75. The Morgan fingerprint density at radius 1 is 0.800 bits per heavy atom. The van der Waals surface area contributed by atoms with Gasteiger partial charge in [-0.1, -0.05) is 77.8 Å². The first-order valence-corrected chi connectivity index (χ1v) is 11.9. The van der Waals surface area contributed by atoms with E-state index in [1.807, 2.05) is 54.6 Å². The number of halogens is 2. The maximum Gasteiger partial charge on any atom is 0.247 e. The molecule has 0 bridgehead atoms. The molecule has 0 spiro atoms. The third-order valence-electron chi connectivity index (χ3n) is 5.55. The van der Waals surface area contributed by atoms with Crippen LogP contribution in [0.1, 0.15) is 28.5 Å². The summed E-state index contributed by atoms with van der Waals surface area (Å²) in [5.74, 6) is 0.136. The Balaban J connectivity index is 1.67. The van der Waals surface area contributed by atoms with Crippen LogP contribution in [0.25, 0.3) is 0 Å². The van der Waals surface area contributed by atoms with Gasteiger partial charge in [-0.25, -0.2) is 0 Å². The summed E-state index contributed by atoms with van der Waals surface area (Å²) in [6.07, 6.45) is 1.68. The maximum atomic E-state index is 13.7. The number of carbonyl (C=O) groups is 2. The van der Waals surface area contributed by atoms with Gasteiger partial charge in [-0.15, -0.1) is 0 Å². The summed E-state index contributed by atoms with van der Waals surface area (Å²) in [5, 5.41) is 4.12. The smallest absolute Gasteiger partial charge is 0.247 e. The predicted octanol–water partition coefficient (Wildman–Crippen LogP) is 6.22. The van der Waals surface area contributed by atoms with E-state index in [9.17, 15) is 9.59 Å². The first-order valence-electron chi connectivity index (χ1n) is 11.1. The molecule has 7 heteroatoms. The van der Waals surface area contributed by atoms with Crippen LogP contribution in [-0.2, 0) is 29.1 Å². The van der Waals surface area contributed by atoms with Crippen molar-refractivity contribution < 1.29 is 14.0 Å². The molecular weight excluding hydrogens is 483 g/mol. The van der Waals surface area contributed by atoms with Crippen molar-refractivity contribution in [3.63, 3.8) is 0 Å². The molecule has 0 aliphatic carbocycles. The van der Waals surface area contributed by atoms with Crippen molar-refractivity contribution in [2.24, 2.45) is 0 Å². The Morgan fingerprint density at radius 2 is 1.43 bits per heavy atom. The highest BCUT2D eigenvalue weighted by Gasteiger charge is 2.31. The highest BCUT2D eigenvalue weighted by molar-refractivity contribution is 6.30. The van der Waals surface area contributed by atoms with Gasteiger partial charge in [-0.2, -0.15) is 0 Å². The van der Waals surface area contributed by atoms with Crippen LogP contribution in [0.4, 0.5) is 0 Å². The molecule has 1 aromatic heterocycles. The summed E-state index contributed by atoms with van der Waals surface area (Å²) < 4.78 is 5.35. The van der Waals surface area contributed by atoms with Crippen molar-refractivity contribution in [1.29, 1.82) is 0 Å². The fourth-order valence-electron chi connectivity index (χ4n) is 3.78. The molecular formula is C28H24Cl2N2O3. The Kier molecular flexibility index (Phi) is 8.24. The number of hydrogen-bond acceptors (Lipinski definition) is 3. The lowest BCUT2D eigenvalue weighted by atomic mass is 10.0. The summed E-state index contributed by atoms with van der Waals surface area (Å²) in [6.45, 7) is 0.451. The van der Waals surface area contributed by atoms with Gasteiger partial charge in [-0.05, 0) is 53.1 Å². The monoisotopic (exact) mass is 506 g/mol. The zero-order valence-electron chi connectivity index (χ0n) is 18.9. The van der Waals surface area contributed by atoms with E-state index in [4.69, 9.17) is 27.6 Å². The lowest BCUT2D eigenvalue weighted by molar-refractivity contribution is -0.141. The van der Waals surface area contributed by atoms with Crippen molar-refractivity contribution in [1.82, 2.24) is 10.2 Å². The molecule has 178 valence electrons. The normalized spacial score (nSPS) is 11.6. The molecule has 1 N–H and O–H groups in total. The van der Waals surface area contributed by atoms with Gasteiger partial charge >= 0.3 is 0 Å². The first-order chi connectivity index (χ1) is 17.0. The molecule has 35 heavy (non-hydrogen) atoms. The van der Waals surface area contributed by atoms with Gasteiger partial charge in [0.15, 0.2) is 0 Å². The summed E-state index contributed by atoms with van der Waals surface area (Å²) in [6, 6.07) is 26.4. The van der Waals surface area contributed by atoms with Crippen LogP contribution in [0, 0.1) is 0 Å². The quantitative estimate of drug-likeness (QED) is 0.293. The van der Waals surface area contributed by atoms with E-state index in [-0.39, 0.29) is 31.3 Å². The molecule has 0 aliphatic heterocycles. The van der Waals surface area contributed by atoms with E-state index in [1.54, 1.807) is 47.6 Å². The molecule has 4 rings (SSSR count). The summed E-state index contributed by atoms with van der Waals surface area (Å²) in [4.78, 5) is 28.8. The Morgan fingerprint density at radius 3 is 2.03 bits per heavy atom. The second-order valence-corrected chi connectivity index (χ2v) is 8.93. The molecule has 1 unspecified atom stereocenters. The van der Waals surface area contributed by atoms with E-state index in [0.29, 0.717) is 21.4 Å². The van der Waals surface area contributed by atoms with E-state index in [1.165, 1.54) is 0 Å². The van der Waals surface area contributed by atoms with E-state index < -0.39 is 6.04 Å². The molecule has 2 amide bonds. The van der Waals surface area contributed by atoms with Gasteiger partial charge in [0.1, 0.15) is 11.8 Å². The molecule has 3 aromatic carbocycles. The van der Waals surface area contributed by atoms with Crippen molar-refractivity contribution >= 4 is 35.0 Å². The van der Waals surface area contributed by atoms with Crippen LogP contribution < -0.4 is 5.32 Å². The maximum absolute atomic E-state index is 13.7. The van der Waals surface area contributed by atoms with Crippen LogP contribution >= 0.6 is 23.2 Å². The van der Waals surface area contributed by atoms with Crippen LogP contribution in [0.3, 0.4) is 0 Å². The number of carbonyl (C=O) groups excluding carboxylic acids is 2. The lowest BCUT2D eigenvalue weighted by Crippen LogP contribution is -2.43. The van der Waals surface area contributed by atoms with Crippen LogP contribution in [0.5, 0.6) is 0 Å². The Labute approximate surface area is 214 Å². The van der Waals surface area contributed by atoms with Crippen molar-refractivity contribution in [3.8, 4) is 0 Å². The van der Waals surface area contributed by atoms with Crippen molar-refractivity contribution in [2.75, 3.05) is 0 Å². The molecule has 5 nitrogen and oxygen atoms in total. The lowest BCUT2D eigenvalue weighted by Gasteiger charge is -2.32. The number of amides is 2. The molecule has 0 fully saturated rings. The first kappa shape index (κ1) is 24.6. The van der Waals surface area contributed by atoms with Gasteiger partial charge in [0.25, 0.3) is 0 Å². The molecule has 0 saturated heterocycles. The zero-order valence-corrected chi connectivity index (χ0v) is 20.4. The number of benzene rings is 3. The van der Waals surface area contributed by atoms with E-state index in [0.717, 1.165) is 11.1 Å². The molecule has 1 heterocycles. The van der Waals surface area contributed by atoms with E-state index >= 15 is 0 Å². The highest BCUT2D eigenvalue weighted by atomic mass is 35.5. The minimum atomic E-state index is -0.846. The minimum absolute atomic E-state index is 0.125. The second-order valence-electron chi connectivity index (χ2n) is 8.06.